The first-order chi connectivity index (χ1) is 17.9. The molecule has 0 fully saturated rings. The Balaban J connectivity index is 1.24. The second kappa shape index (κ2) is 11.6. The van der Waals surface area contributed by atoms with Crippen molar-refractivity contribution in [3.05, 3.63) is 95.4 Å². The van der Waals surface area contributed by atoms with Gasteiger partial charge in [0.05, 0.1) is 12.8 Å². The highest BCUT2D eigenvalue weighted by Gasteiger charge is 2.15. The minimum Gasteiger partial charge on any atom is -0.458 e. The van der Waals surface area contributed by atoms with Crippen LogP contribution in [-0.2, 0) is 25.7 Å². The Kier molecular flexibility index (Phi) is 7.91. The SMILES string of the molecule is O=C(NCc1ccc(/C=N/NC(=O)C(=O)Nc2cccc3ccccc23)o1)C(=O)Nc1cccc(Cl)c1. The predicted molar refractivity (Wildman–Crippen MR) is 139 cm³/mol. The highest BCUT2D eigenvalue weighted by atomic mass is 35.5. The topological polar surface area (TPSA) is 142 Å². The molecule has 0 saturated heterocycles. The fourth-order valence-corrected chi connectivity index (χ4v) is 3.47. The smallest absolute Gasteiger partial charge is 0.329 e. The van der Waals surface area contributed by atoms with E-state index in [9.17, 15) is 19.2 Å². The van der Waals surface area contributed by atoms with Gasteiger partial charge in [-0.1, -0.05) is 54.1 Å². The number of carbonyl (C=O) groups is 4. The minimum atomic E-state index is -0.964. The van der Waals surface area contributed by atoms with E-state index >= 15 is 0 Å². The van der Waals surface area contributed by atoms with Gasteiger partial charge in [-0.3, -0.25) is 19.2 Å². The summed E-state index contributed by atoms with van der Waals surface area (Å²) in [6.07, 6.45) is 1.19. The van der Waals surface area contributed by atoms with Crippen LogP contribution in [0.1, 0.15) is 11.5 Å². The summed E-state index contributed by atoms with van der Waals surface area (Å²) in [4.78, 5) is 48.4. The van der Waals surface area contributed by atoms with Crippen LogP contribution in [0.3, 0.4) is 0 Å². The van der Waals surface area contributed by atoms with Gasteiger partial charge in [-0.25, -0.2) is 5.43 Å². The lowest BCUT2D eigenvalue weighted by atomic mass is 10.1. The van der Waals surface area contributed by atoms with Gasteiger partial charge in [0.15, 0.2) is 0 Å². The van der Waals surface area contributed by atoms with Crippen LogP contribution in [-0.4, -0.2) is 29.8 Å². The monoisotopic (exact) mass is 517 g/mol. The number of fused-ring (bicyclic) bond motifs is 1. The predicted octanol–water partition coefficient (Wildman–Crippen LogP) is 3.43. The molecule has 4 rings (SSSR count). The van der Waals surface area contributed by atoms with Crippen molar-refractivity contribution in [2.45, 2.75) is 6.54 Å². The van der Waals surface area contributed by atoms with Gasteiger partial charge in [-0.2, -0.15) is 5.10 Å². The third-order valence-electron chi connectivity index (χ3n) is 5.00. The summed E-state index contributed by atoms with van der Waals surface area (Å²) < 4.78 is 5.47. The second-order valence-corrected chi connectivity index (χ2v) is 8.07. The minimum absolute atomic E-state index is 0.0601. The molecule has 10 nitrogen and oxygen atoms in total. The van der Waals surface area contributed by atoms with Gasteiger partial charge < -0.3 is 20.4 Å². The van der Waals surface area contributed by atoms with Crippen LogP contribution in [0.5, 0.6) is 0 Å². The fraction of sp³-hybridized carbons (Fsp3) is 0.0385. The number of hydrogen-bond acceptors (Lipinski definition) is 6. The molecule has 0 aliphatic rings. The molecule has 186 valence electrons. The molecule has 1 aromatic heterocycles. The molecule has 0 atom stereocenters. The number of nitrogens with zero attached hydrogens (tertiary/aromatic N) is 1. The maximum absolute atomic E-state index is 12.2. The lowest BCUT2D eigenvalue weighted by Crippen LogP contribution is -2.34. The Hall–Kier alpha value is -4.96. The number of halogens is 1. The van der Waals surface area contributed by atoms with Crippen LogP contribution < -0.4 is 21.4 Å². The van der Waals surface area contributed by atoms with E-state index in [1.807, 2.05) is 30.3 Å². The summed E-state index contributed by atoms with van der Waals surface area (Å²) in [7, 11) is 0. The first-order valence-corrected chi connectivity index (χ1v) is 11.3. The summed E-state index contributed by atoms with van der Waals surface area (Å²) in [5, 5.41) is 13.3. The Morgan fingerprint density at radius 2 is 1.57 bits per heavy atom. The van der Waals surface area contributed by atoms with E-state index in [1.54, 1.807) is 42.5 Å². The molecular formula is C26H20ClN5O5. The number of hydrogen-bond donors (Lipinski definition) is 4. The van der Waals surface area contributed by atoms with Crippen LogP contribution >= 0.6 is 11.6 Å². The van der Waals surface area contributed by atoms with Gasteiger partial charge in [0.25, 0.3) is 0 Å². The van der Waals surface area contributed by atoms with Gasteiger partial charge in [0, 0.05) is 21.8 Å². The summed E-state index contributed by atoms with van der Waals surface area (Å²) in [5.74, 6) is -2.98. The summed E-state index contributed by atoms with van der Waals surface area (Å²) >= 11 is 5.85. The number of furan rings is 1. The number of rotatable bonds is 6. The van der Waals surface area contributed by atoms with E-state index in [4.69, 9.17) is 16.0 Å². The quantitative estimate of drug-likeness (QED) is 0.176. The summed E-state index contributed by atoms with van der Waals surface area (Å²) in [6.45, 7) is -0.0601. The first-order valence-electron chi connectivity index (χ1n) is 10.9. The molecule has 0 aliphatic carbocycles. The molecule has 4 aromatic rings. The number of benzene rings is 3. The van der Waals surface area contributed by atoms with Crippen LogP contribution in [0.4, 0.5) is 11.4 Å². The van der Waals surface area contributed by atoms with E-state index in [2.05, 4.69) is 26.5 Å². The lowest BCUT2D eigenvalue weighted by molar-refractivity contribution is -0.136. The van der Waals surface area contributed by atoms with Crippen LogP contribution in [0.15, 0.2) is 88.4 Å². The van der Waals surface area contributed by atoms with Crippen molar-refractivity contribution in [1.82, 2.24) is 10.7 Å². The normalized spacial score (nSPS) is 10.7. The van der Waals surface area contributed by atoms with Crippen LogP contribution in [0.25, 0.3) is 10.8 Å². The van der Waals surface area contributed by atoms with Crippen molar-refractivity contribution >= 4 is 63.6 Å². The molecule has 0 radical (unpaired) electrons. The molecule has 11 heteroatoms. The van der Waals surface area contributed by atoms with Gasteiger partial charge in [0.1, 0.15) is 11.5 Å². The summed E-state index contributed by atoms with van der Waals surface area (Å²) in [6, 6.07) is 22.3. The number of anilines is 2. The zero-order valence-corrected chi connectivity index (χ0v) is 19.9. The molecule has 0 saturated carbocycles. The van der Waals surface area contributed by atoms with Crippen molar-refractivity contribution in [3.8, 4) is 0 Å². The molecule has 0 spiro atoms. The maximum Gasteiger partial charge on any atom is 0.329 e. The zero-order valence-electron chi connectivity index (χ0n) is 19.2. The Morgan fingerprint density at radius 3 is 2.41 bits per heavy atom. The van der Waals surface area contributed by atoms with E-state index in [-0.39, 0.29) is 12.3 Å². The molecule has 1 heterocycles. The average Bonchev–Trinajstić information content (AvgIpc) is 3.35. The van der Waals surface area contributed by atoms with Crippen molar-refractivity contribution in [2.75, 3.05) is 10.6 Å². The van der Waals surface area contributed by atoms with Gasteiger partial charge in [-0.15, -0.1) is 0 Å². The molecule has 4 N–H and O–H groups in total. The third kappa shape index (κ3) is 6.80. The van der Waals surface area contributed by atoms with E-state index in [1.165, 1.54) is 12.3 Å². The molecule has 37 heavy (non-hydrogen) atoms. The molecule has 4 amide bonds. The van der Waals surface area contributed by atoms with Gasteiger partial charge >= 0.3 is 23.6 Å². The Bertz CT molecular complexity index is 1510. The molecule has 0 aliphatic heterocycles. The van der Waals surface area contributed by atoms with Crippen LogP contribution in [0, 0.1) is 0 Å². The second-order valence-electron chi connectivity index (χ2n) is 7.63. The largest absolute Gasteiger partial charge is 0.458 e. The number of hydrazone groups is 1. The van der Waals surface area contributed by atoms with Crippen molar-refractivity contribution < 1.29 is 23.6 Å². The van der Waals surface area contributed by atoms with E-state index in [0.29, 0.717) is 22.2 Å². The third-order valence-corrected chi connectivity index (χ3v) is 5.23. The highest BCUT2D eigenvalue weighted by molar-refractivity contribution is 6.40. The number of amides is 4. The molecule has 0 bridgehead atoms. The first kappa shape index (κ1) is 25.1. The average molecular weight is 518 g/mol. The van der Waals surface area contributed by atoms with Gasteiger partial charge in [-0.05, 0) is 41.8 Å². The van der Waals surface area contributed by atoms with Gasteiger partial charge in [0.2, 0.25) is 0 Å². The van der Waals surface area contributed by atoms with Crippen molar-refractivity contribution in [3.63, 3.8) is 0 Å². The van der Waals surface area contributed by atoms with E-state index < -0.39 is 23.6 Å². The zero-order chi connectivity index (χ0) is 26.2. The number of carbonyl (C=O) groups excluding carboxylic acids is 4. The highest BCUT2D eigenvalue weighted by Crippen LogP contribution is 2.22. The molecule has 0 unspecified atom stereocenters. The summed E-state index contributed by atoms with van der Waals surface area (Å²) in [5.41, 5.74) is 3.01. The number of nitrogens with one attached hydrogen (secondary N) is 4. The standard InChI is InChI=1S/C26H20ClN5O5/c27-17-7-4-8-18(13-17)30-24(34)23(33)28-14-19-11-12-20(37-19)15-29-32-26(36)25(35)31-22-10-3-6-16-5-1-2-9-21(16)22/h1-13,15H,14H2,(H,28,33)(H,30,34)(H,31,35)(H,32,36)/b29-15+. The lowest BCUT2D eigenvalue weighted by Gasteiger charge is -2.07. The Morgan fingerprint density at radius 1 is 0.811 bits per heavy atom. The fourth-order valence-electron chi connectivity index (χ4n) is 3.28. The van der Waals surface area contributed by atoms with Crippen molar-refractivity contribution in [1.29, 1.82) is 0 Å². The van der Waals surface area contributed by atoms with E-state index in [0.717, 1.165) is 10.8 Å². The Labute approximate surface area is 215 Å². The van der Waals surface area contributed by atoms with Crippen LogP contribution in [0.2, 0.25) is 5.02 Å². The maximum atomic E-state index is 12.2. The molecule has 3 aromatic carbocycles. The molecular weight excluding hydrogens is 498 g/mol. The van der Waals surface area contributed by atoms with Crippen molar-refractivity contribution in [2.24, 2.45) is 5.10 Å².